The molecule has 6 nitrogen and oxygen atoms in total. The quantitative estimate of drug-likeness (QED) is 0.751. The SMILES string of the molecule is O=C(CNC(=O)c1ccc(C(=O)O)s1)NCC(F)(F)F. The smallest absolute Gasteiger partial charge is 0.405 e. The van der Waals surface area contributed by atoms with E-state index in [1.807, 2.05) is 0 Å². The summed E-state index contributed by atoms with van der Waals surface area (Å²) in [5.74, 6) is -2.92. The number of nitrogens with one attached hydrogen (secondary N) is 2. The third kappa shape index (κ3) is 5.26. The third-order valence-electron chi connectivity index (χ3n) is 1.94. The fraction of sp³-hybridized carbons (Fsp3) is 0.300. The number of amides is 2. The normalized spacial score (nSPS) is 10.9. The Hall–Kier alpha value is -2.10. The number of carboxylic acids is 1. The summed E-state index contributed by atoms with van der Waals surface area (Å²) in [7, 11) is 0. The molecule has 1 heterocycles. The maximum atomic E-state index is 11.8. The highest BCUT2D eigenvalue weighted by Gasteiger charge is 2.27. The van der Waals surface area contributed by atoms with Crippen LogP contribution >= 0.6 is 11.3 Å². The molecule has 1 aromatic rings. The van der Waals surface area contributed by atoms with Crippen LogP contribution in [0.15, 0.2) is 12.1 Å². The van der Waals surface area contributed by atoms with Gasteiger partial charge in [0.05, 0.1) is 11.4 Å². The molecule has 0 fully saturated rings. The zero-order chi connectivity index (χ0) is 15.3. The van der Waals surface area contributed by atoms with Crippen molar-refractivity contribution in [2.45, 2.75) is 6.18 Å². The molecule has 3 N–H and O–H groups in total. The van der Waals surface area contributed by atoms with Crippen LogP contribution in [0.2, 0.25) is 0 Å². The molecule has 0 unspecified atom stereocenters. The Morgan fingerprint density at radius 3 is 2.25 bits per heavy atom. The first kappa shape index (κ1) is 16.0. The Bertz CT molecular complexity index is 527. The summed E-state index contributed by atoms with van der Waals surface area (Å²) in [5, 5.41) is 12.3. The summed E-state index contributed by atoms with van der Waals surface area (Å²) < 4.78 is 35.4. The number of hydrogen-bond donors (Lipinski definition) is 3. The number of hydrogen-bond acceptors (Lipinski definition) is 4. The summed E-state index contributed by atoms with van der Waals surface area (Å²) >= 11 is 0.695. The molecule has 0 atom stereocenters. The van der Waals surface area contributed by atoms with Gasteiger partial charge in [-0.25, -0.2) is 4.79 Å². The van der Waals surface area contributed by atoms with Gasteiger partial charge in [0, 0.05) is 0 Å². The summed E-state index contributed by atoms with van der Waals surface area (Å²) in [5.41, 5.74) is 0. The molecular formula is C10H9F3N2O4S. The van der Waals surface area contributed by atoms with Crippen molar-refractivity contribution in [2.24, 2.45) is 0 Å². The zero-order valence-electron chi connectivity index (χ0n) is 9.78. The first-order chi connectivity index (χ1) is 9.19. The lowest BCUT2D eigenvalue weighted by molar-refractivity contribution is -0.137. The number of aromatic carboxylic acids is 1. The van der Waals surface area contributed by atoms with Crippen LogP contribution in [0.25, 0.3) is 0 Å². The third-order valence-corrected chi connectivity index (χ3v) is 3.01. The van der Waals surface area contributed by atoms with Gasteiger partial charge in [-0.3, -0.25) is 9.59 Å². The van der Waals surface area contributed by atoms with Crippen molar-refractivity contribution < 1.29 is 32.7 Å². The van der Waals surface area contributed by atoms with Crippen LogP contribution in [0.1, 0.15) is 19.3 Å². The van der Waals surface area contributed by atoms with Crippen LogP contribution in [0, 0.1) is 0 Å². The number of thiophene rings is 1. The van der Waals surface area contributed by atoms with E-state index >= 15 is 0 Å². The molecule has 0 aromatic carbocycles. The minimum atomic E-state index is -4.52. The standard InChI is InChI=1S/C10H9F3N2O4S/c11-10(12,13)4-15-7(16)3-14-8(17)5-1-2-6(20-5)9(18)19/h1-2H,3-4H2,(H,14,17)(H,15,16)(H,18,19). The number of carboxylic acid groups (broad SMARTS) is 1. The van der Waals surface area contributed by atoms with Gasteiger partial charge < -0.3 is 15.7 Å². The minimum Gasteiger partial charge on any atom is -0.477 e. The maximum absolute atomic E-state index is 11.8. The van der Waals surface area contributed by atoms with Crippen molar-refractivity contribution in [3.8, 4) is 0 Å². The number of carbonyl (C=O) groups excluding carboxylic acids is 2. The van der Waals surface area contributed by atoms with Crippen LogP contribution in [0.5, 0.6) is 0 Å². The Kier molecular flexibility index (Phi) is 5.08. The Labute approximate surface area is 114 Å². The largest absolute Gasteiger partial charge is 0.477 e. The second kappa shape index (κ2) is 6.37. The van der Waals surface area contributed by atoms with Crippen molar-refractivity contribution in [1.29, 1.82) is 0 Å². The van der Waals surface area contributed by atoms with Gasteiger partial charge >= 0.3 is 12.1 Å². The lowest BCUT2D eigenvalue weighted by Gasteiger charge is -2.08. The second-order valence-corrected chi connectivity index (χ2v) is 4.63. The average Bonchev–Trinajstić information content (AvgIpc) is 2.82. The predicted octanol–water partition coefficient (Wildman–Crippen LogP) is 0.855. The van der Waals surface area contributed by atoms with E-state index in [0.717, 1.165) is 0 Å². The van der Waals surface area contributed by atoms with Gasteiger partial charge in [-0.2, -0.15) is 13.2 Å². The van der Waals surface area contributed by atoms with Crippen molar-refractivity contribution in [3.05, 3.63) is 21.9 Å². The molecule has 0 aliphatic carbocycles. The first-order valence-corrected chi connectivity index (χ1v) is 5.95. The molecular weight excluding hydrogens is 301 g/mol. The van der Waals surface area contributed by atoms with E-state index in [2.05, 4.69) is 5.32 Å². The van der Waals surface area contributed by atoms with Crippen molar-refractivity contribution in [2.75, 3.05) is 13.1 Å². The molecule has 2 amide bonds. The lowest BCUT2D eigenvalue weighted by atomic mass is 10.4. The number of halogens is 3. The molecule has 0 aliphatic heterocycles. The van der Waals surface area contributed by atoms with Gasteiger partial charge in [0.15, 0.2) is 0 Å². The minimum absolute atomic E-state index is 0.0472. The van der Waals surface area contributed by atoms with E-state index in [1.54, 1.807) is 5.32 Å². The fourth-order valence-corrected chi connectivity index (χ4v) is 1.85. The van der Waals surface area contributed by atoms with Crippen molar-refractivity contribution in [1.82, 2.24) is 10.6 Å². The molecule has 10 heteroatoms. The highest BCUT2D eigenvalue weighted by atomic mass is 32.1. The van der Waals surface area contributed by atoms with E-state index < -0.39 is 37.0 Å². The van der Waals surface area contributed by atoms with Crippen molar-refractivity contribution >= 4 is 29.1 Å². The molecule has 0 spiro atoms. The Morgan fingerprint density at radius 1 is 1.15 bits per heavy atom. The average molecular weight is 310 g/mol. The van der Waals surface area contributed by atoms with E-state index in [1.165, 1.54) is 12.1 Å². The molecule has 0 bridgehead atoms. The number of rotatable bonds is 5. The van der Waals surface area contributed by atoms with Crippen LogP contribution in [-0.2, 0) is 4.79 Å². The molecule has 0 saturated carbocycles. The second-order valence-electron chi connectivity index (χ2n) is 3.54. The monoisotopic (exact) mass is 310 g/mol. The molecule has 0 aliphatic rings. The first-order valence-electron chi connectivity index (χ1n) is 5.14. The molecule has 110 valence electrons. The Balaban J connectivity index is 2.42. The molecule has 20 heavy (non-hydrogen) atoms. The fourth-order valence-electron chi connectivity index (χ4n) is 1.08. The highest BCUT2D eigenvalue weighted by molar-refractivity contribution is 7.15. The van der Waals surface area contributed by atoms with Crippen molar-refractivity contribution in [3.63, 3.8) is 0 Å². The molecule has 1 rings (SSSR count). The van der Waals surface area contributed by atoms with E-state index in [4.69, 9.17) is 5.11 Å². The number of carbonyl (C=O) groups is 3. The topological polar surface area (TPSA) is 95.5 Å². The van der Waals surface area contributed by atoms with Crippen LogP contribution in [-0.4, -0.2) is 42.2 Å². The zero-order valence-corrected chi connectivity index (χ0v) is 10.6. The summed E-state index contributed by atoms with van der Waals surface area (Å²) in [6.45, 7) is -2.11. The van der Waals surface area contributed by atoms with E-state index in [0.29, 0.717) is 11.3 Å². The van der Waals surface area contributed by atoms with Gasteiger partial charge in [-0.1, -0.05) is 0 Å². The Morgan fingerprint density at radius 2 is 1.75 bits per heavy atom. The molecule has 1 aromatic heterocycles. The van der Waals surface area contributed by atoms with E-state index in [-0.39, 0.29) is 9.75 Å². The molecule has 0 radical (unpaired) electrons. The van der Waals surface area contributed by atoms with Gasteiger partial charge in [0.1, 0.15) is 11.4 Å². The van der Waals surface area contributed by atoms with Crippen LogP contribution < -0.4 is 10.6 Å². The summed E-state index contributed by atoms with van der Waals surface area (Å²) in [4.78, 5) is 33.1. The molecule has 0 saturated heterocycles. The van der Waals surface area contributed by atoms with Gasteiger partial charge in [0.25, 0.3) is 5.91 Å². The predicted molar refractivity (Wildman–Crippen MR) is 62.7 cm³/mol. The number of alkyl halides is 3. The van der Waals surface area contributed by atoms with Gasteiger partial charge in [-0.15, -0.1) is 11.3 Å². The summed E-state index contributed by atoms with van der Waals surface area (Å²) in [6, 6.07) is 2.46. The lowest BCUT2D eigenvalue weighted by Crippen LogP contribution is -2.40. The van der Waals surface area contributed by atoms with Crippen LogP contribution in [0.3, 0.4) is 0 Å². The van der Waals surface area contributed by atoms with Crippen LogP contribution in [0.4, 0.5) is 13.2 Å². The maximum Gasteiger partial charge on any atom is 0.405 e. The highest BCUT2D eigenvalue weighted by Crippen LogP contribution is 2.16. The van der Waals surface area contributed by atoms with Gasteiger partial charge in [0.2, 0.25) is 5.91 Å². The van der Waals surface area contributed by atoms with E-state index in [9.17, 15) is 27.6 Å². The summed E-state index contributed by atoms with van der Waals surface area (Å²) in [6.07, 6.45) is -4.52. The van der Waals surface area contributed by atoms with Gasteiger partial charge in [-0.05, 0) is 12.1 Å².